The van der Waals surface area contributed by atoms with Gasteiger partial charge in [0.2, 0.25) is 5.17 Å². The summed E-state index contributed by atoms with van der Waals surface area (Å²) in [5.74, 6) is -1.14. The van der Waals surface area contributed by atoms with Crippen LogP contribution in [0, 0.1) is 0 Å². The molecule has 0 atom stereocenters. The maximum atomic E-state index is 11.4. The Morgan fingerprint density at radius 2 is 1.95 bits per heavy atom. The number of methoxy groups -OCH3 is 1. The zero-order valence-corrected chi connectivity index (χ0v) is 11.2. The molecule has 0 aromatic heterocycles. The fourth-order valence-electron chi connectivity index (χ4n) is 1.14. The molecular formula is C12H13ClN2O4. The van der Waals surface area contributed by atoms with Gasteiger partial charge in [-0.2, -0.15) is 5.10 Å². The van der Waals surface area contributed by atoms with Gasteiger partial charge in [-0.1, -0.05) is 11.6 Å². The summed E-state index contributed by atoms with van der Waals surface area (Å²) < 4.78 is 9.22. The molecule has 0 saturated heterocycles. The van der Waals surface area contributed by atoms with Crippen LogP contribution < -0.4 is 5.43 Å². The maximum Gasteiger partial charge on any atom is 0.370 e. The lowest BCUT2D eigenvalue weighted by atomic mass is 10.2. The molecule has 0 aliphatic carbocycles. The Hall–Kier alpha value is -2.08. The van der Waals surface area contributed by atoms with Crippen LogP contribution in [0.1, 0.15) is 17.3 Å². The van der Waals surface area contributed by atoms with Gasteiger partial charge in [0, 0.05) is 0 Å². The lowest BCUT2D eigenvalue weighted by molar-refractivity contribution is -0.132. The molecule has 0 aliphatic heterocycles. The highest BCUT2D eigenvalue weighted by atomic mass is 35.5. The topological polar surface area (TPSA) is 77.0 Å². The second-order valence-electron chi connectivity index (χ2n) is 3.30. The maximum absolute atomic E-state index is 11.4. The van der Waals surface area contributed by atoms with E-state index in [0.717, 1.165) is 0 Å². The summed E-state index contributed by atoms with van der Waals surface area (Å²) in [6.07, 6.45) is 0. The van der Waals surface area contributed by atoms with Gasteiger partial charge in [0.25, 0.3) is 0 Å². The number of ether oxygens (including phenoxy) is 2. The van der Waals surface area contributed by atoms with Gasteiger partial charge in [-0.25, -0.2) is 9.59 Å². The summed E-state index contributed by atoms with van der Waals surface area (Å²) in [5.41, 5.74) is 3.55. The second-order valence-corrected chi connectivity index (χ2v) is 3.66. The quantitative estimate of drug-likeness (QED) is 0.508. The minimum absolute atomic E-state index is 0.317. The highest BCUT2D eigenvalue weighted by Crippen LogP contribution is 2.10. The van der Waals surface area contributed by atoms with E-state index in [9.17, 15) is 9.59 Å². The van der Waals surface area contributed by atoms with Crippen LogP contribution in [0.2, 0.25) is 0 Å². The summed E-state index contributed by atoms with van der Waals surface area (Å²) in [7, 11) is 1.20. The Bertz CT molecular complexity index is 485. The fourth-order valence-corrected chi connectivity index (χ4v) is 1.26. The third-order valence-corrected chi connectivity index (χ3v) is 2.27. The van der Waals surface area contributed by atoms with Gasteiger partial charge in [-0.3, -0.25) is 5.43 Å². The summed E-state index contributed by atoms with van der Waals surface area (Å²) in [4.78, 5) is 22.4. The van der Waals surface area contributed by atoms with Gasteiger partial charge in [0.15, 0.2) is 0 Å². The number of halogens is 1. The van der Waals surface area contributed by atoms with Crippen molar-refractivity contribution in [2.24, 2.45) is 5.10 Å². The number of hydrazone groups is 1. The van der Waals surface area contributed by atoms with Crippen molar-refractivity contribution in [2.45, 2.75) is 6.92 Å². The normalized spacial score (nSPS) is 10.8. The number of benzene rings is 1. The van der Waals surface area contributed by atoms with E-state index in [1.165, 1.54) is 7.11 Å². The first-order valence-electron chi connectivity index (χ1n) is 5.43. The SMILES string of the molecule is CCOC(=O)c1ccc(N/N=C(\Cl)C(=O)OC)cc1. The lowest BCUT2D eigenvalue weighted by Gasteiger charge is -2.04. The molecule has 1 aromatic carbocycles. The predicted molar refractivity (Wildman–Crippen MR) is 71.3 cm³/mol. The number of nitrogens with one attached hydrogen (secondary N) is 1. The molecule has 0 heterocycles. The molecule has 1 aromatic rings. The Labute approximate surface area is 115 Å². The highest BCUT2D eigenvalue weighted by Gasteiger charge is 2.08. The van der Waals surface area contributed by atoms with Crippen LogP contribution in [-0.4, -0.2) is 30.8 Å². The van der Waals surface area contributed by atoms with Crippen molar-refractivity contribution in [2.75, 3.05) is 19.1 Å². The highest BCUT2D eigenvalue weighted by molar-refractivity contribution is 6.82. The molecule has 1 N–H and O–H groups in total. The van der Waals surface area contributed by atoms with Gasteiger partial charge in [0.05, 0.1) is 25.0 Å². The van der Waals surface area contributed by atoms with Crippen molar-refractivity contribution in [3.05, 3.63) is 29.8 Å². The first-order chi connectivity index (χ1) is 9.08. The molecule has 0 spiro atoms. The van der Waals surface area contributed by atoms with Crippen molar-refractivity contribution < 1.29 is 19.1 Å². The molecule has 0 unspecified atom stereocenters. The van der Waals surface area contributed by atoms with Gasteiger partial charge in [-0.05, 0) is 31.2 Å². The van der Waals surface area contributed by atoms with Crippen LogP contribution in [-0.2, 0) is 14.3 Å². The summed E-state index contributed by atoms with van der Waals surface area (Å²) in [6, 6.07) is 6.36. The number of carbonyl (C=O) groups excluding carboxylic acids is 2. The van der Waals surface area contributed by atoms with Crippen molar-refractivity contribution in [1.82, 2.24) is 0 Å². The number of carbonyl (C=O) groups is 2. The number of anilines is 1. The van der Waals surface area contributed by atoms with Crippen molar-refractivity contribution in [3.63, 3.8) is 0 Å². The van der Waals surface area contributed by atoms with Crippen LogP contribution >= 0.6 is 11.6 Å². The molecule has 0 fully saturated rings. The molecule has 0 bridgehead atoms. The van der Waals surface area contributed by atoms with E-state index in [4.69, 9.17) is 16.3 Å². The fraction of sp³-hybridized carbons (Fsp3) is 0.250. The second kappa shape index (κ2) is 7.38. The monoisotopic (exact) mass is 284 g/mol. The zero-order valence-electron chi connectivity index (χ0n) is 10.5. The van der Waals surface area contributed by atoms with Crippen LogP contribution in [0.25, 0.3) is 0 Å². The van der Waals surface area contributed by atoms with Crippen molar-refractivity contribution >= 4 is 34.4 Å². The average Bonchev–Trinajstić information content (AvgIpc) is 2.44. The number of hydrogen-bond acceptors (Lipinski definition) is 6. The Kier molecular flexibility index (Phi) is 5.81. The van der Waals surface area contributed by atoms with Crippen LogP contribution in [0.15, 0.2) is 29.4 Å². The first-order valence-corrected chi connectivity index (χ1v) is 5.81. The first kappa shape index (κ1) is 15.0. The molecule has 102 valence electrons. The van der Waals surface area contributed by atoms with E-state index in [0.29, 0.717) is 17.9 Å². The van der Waals surface area contributed by atoms with Crippen LogP contribution in [0.4, 0.5) is 5.69 Å². The Balaban J connectivity index is 2.67. The minimum Gasteiger partial charge on any atom is -0.464 e. The number of nitrogens with zero attached hydrogens (tertiary/aromatic N) is 1. The van der Waals surface area contributed by atoms with Gasteiger partial charge in [-0.15, -0.1) is 0 Å². The average molecular weight is 285 g/mol. The van der Waals surface area contributed by atoms with Gasteiger partial charge >= 0.3 is 11.9 Å². The number of esters is 2. The standard InChI is InChI=1S/C12H13ClN2O4/c1-3-19-11(16)8-4-6-9(7-5-8)14-15-10(13)12(17)18-2/h4-7,14H,3H2,1-2H3/b15-10-. The third kappa shape index (κ3) is 4.59. The third-order valence-electron chi connectivity index (χ3n) is 2.03. The molecule has 0 amide bonds. The largest absolute Gasteiger partial charge is 0.464 e. The smallest absolute Gasteiger partial charge is 0.370 e. The van der Waals surface area contributed by atoms with E-state index >= 15 is 0 Å². The van der Waals surface area contributed by atoms with Crippen molar-refractivity contribution in [3.8, 4) is 0 Å². The van der Waals surface area contributed by atoms with Crippen LogP contribution in [0.5, 0.6) is 0 Å². The molecular weight excluding hydrogens is 272 g/mol. The molecule has 6 nitrogen and oxygen atoms in total. The van der Waals surface area contributed by atoms with E-state index < -0.39 is 11.9 Å². The van der Waals surface area contributed by atoms with E-state index in [1.807, 2.05) is 0 Å². The number of hydrogen-bond donors (Lipinski definition) is 1. The molecule has 0 aliphatic rings. The zero-order chi connectivity index (χ0) is 14.3. The Morgan fingerprint density at radius 3 is 2.47 bits per heavy atom. The molecule has 0 saturated carbocycles. The van der Waals surface area contributed by atoms with Crippen molar-refractivity contribution in [1.29, 1.82) is 0 Å². The van der Waals surface area contributed by atoms with E-state index in [1.54, 1.807) is 31.2 Å². The predicted octanol–water partition coefficient (Wildman–Crippen LogP) is 2.00. The van der Waals surface area contributed by atoms with Gasteiger partial charge in [0.1, 0.15) is 0 Å². The summed E-state index contributed by atoms with van der Waals surface area (Å²) >= 11 is 5.54. The van der Waals surface area contributed by atoms with Crippen LogP contribution in [0.3, 0.4) is 0 Å². The summed E-state index contributed by atoms with van der Waals surface area (Å²) in [6.45, 7) is 2.05. The lowest BCUT2D eigenvalue weighted by Crippen LogP contribution is -2.11. The van der Waals surface area contributed by atoms with E-state index in [2.05, 4.69) is 15.3 Å². The Morgan fingerprint density at radius 1 is 1.32 bits per heavy atom. The molecule has 19 heavy (non-hydrogen) atoms. The van der Waals surface area contributed by atoms with E-state index in [-0.39, 0.29) is 5.17 Å². The van der Waals surface area contributed by atoms with Gasteiger partial charge < -0.3 is 9.47 Å². The molecule has 1 rings (SSSR count). The summed E-state index contributed by atoms with van der Waals surface area (Å²) in [5, 5.41) is 3.30. The molecule has 0 radical (unpaired) electrons. The number of rotatable bonds is 5. The molecule has 7 heteroatoms. The minimum atomic E-state index is -0.739.